The van der Waals surface area contributed by atoms with Crippen LogP contribution >= 0.6 is 0 Å². The van der Waals surface area contributed by atoms with Crippen LogP contribution in [0.1, 0.15) is 11.1 Å². The van der Waals surface area contributed by atoms with Crippen LogP contribution in [0.25, 0.3) is 11.1 Å². The summed E-state index contributed by atoms with van der Waals surface area (Å²) in [4.78, 5) is 4.14. The Balaban J connectivity index is 1.57. The van der Waals surface area contributed by atoms with Gasteiger partial charge < -0.3 is 10.4 Å². The van der Waals surface area contributed by atoms with Crippen molar-refractivity contribution in [3.05, 3.63) is 84.2 Å². The normalized spacial score (nSPS) is 10.5. The molecular weight excluding hydrogens is 272 g/mol. The maximum absolute atomic E-state index is 9.44. The molecule has 0 bridgehead atoms. The number of pyridine rings is 1. The van der Waals surface area contributed by atoms with Crippen LogP contribution in [0.15, 0.2) is 73.1 Å². The third-order valence-electron chi connectivity index (χ3n) is 3.52. The highest BCUT2D eigenvalue weighted by Crippen LogP contribution is 2.18. The van der Waals surface area contributed by atoms with Crippen LogP contribution in [0.4, 0.5) is 0 Å². The molecule has 3 nitrogen and oxygen atoms in total. The standard InChI is InChI=1S/C19H18N2O/c22-19-5-1-3-16(11-19)13-21-12-15-6-8-17(9-7-15)18-4-2-10-20-14-18/h1-11,14,21-22H,12-13H2. The summed E-state index contributed by atoms with van der Waals surface area (Å²) in [5, 5.41) is 12.8. The van der Waals surface area contributed by atoms with E-state index in [1.54, 1.807) is 18.3 Å². The van der Waals surface area contributed by atoms with E-state index in [-0.39, 0.29) is 0 Å². The Kier molecular flexibility index (Phi) is 4.47. The van der Waals surface area contributed by atoms with Crippen molar-refractivity contribution >= 4 is 0 Å². The fraction of sp³-hybridized carbons (Fsp3) is 0.105. The molecule has 1 heterocycles. The number of benzene rings is 2. The molecule has 0 saturated heterocycles. The van der Waals surface area contributed by atoms with Gasteiger partial charge in [0.05, 0.1) is 0 Å². The molecule has 1 aromatic heterocycles. The summed E-state index contributed by atoms with van der Waals surface area (Å²) in [6.07, 6.45) is 3.65. The van der Waals surface area contributed by atoms with Gasteiger partial charge in [-0.05, 0) is 40.5 Å². The number of rotatable bonds is 5. The third-order valence-corrected chi connectivity index (χ3v) is 3.52. The second-order valence-electron chi connectivity index (χ2n) is 5.21. The monoisotopic (exact) mass is 290 g/mol. The van der Waals surface area contributed by atoms with Gasteiger partial charge >= 0.3 is 0 Å². The average molecular weight is 290 g/mol. The van der Waals surface area contributed by atoms with Crippen LogP contribution in [-0.2, 0) is 13.1 Å². The number of aromatic hydroxyl groups is 1. The van der Waals surface area contributed by atoms with Crippen molar-refractivity contribution in [3.63, 3.8) is 0 Å². The predicted octanol–water partition coefficient (Wildman–Crippen LogP) is 3.74. The largest absolute Gasteiger partial charge is 0.508 e. The van der Waals surface area contributed by atoms with E-state index in [0.29, 0.717) is 5.75 Å². The zero-order valence-electron chi connectivity index (χ0n) is 12.2. The lowest BCUT2D eigenvalue weighted by Gasteiger charge is -2.07. The van der Waals surface area contributed by atoms with Crippen LogP contribution in [-0.4, -0.2) is 10.1 Å². The lowest BCUT2D eigenvalue weighted by Crippen LogP contribution is -2.12. The van der Waals surface area contributed by atoms with Gasteiger partial charge in [0.15, 0.2) is 0 Å². The quantitative estimate of drug-likeness (QED) is 0.752. The molecule has 0 unspecified atom stereocenters. The number of hydrogen-bond acceptors (Lipinski definition) is 3. The van der Waals surface area contributed by atoms with Crippen molar-refractivity contribution in [1.82, 2.24) is 10.3 Å². The molecule has 2 aromatic carbocycles. The number of nitrogens with zero attached hydrogens (tertiary/aromatic N) is 1. The number of phenols is 1. The van der Waals surface area contributed by atoms with Gasteiger partial charge in [0.1, 0.15) is 5.75 Å². The Bertz CT molecular complexity index is 724. The van der Waals surface area contributed by atoms with Crippen molar-refractivity contribution in [1.29, 1.82) is 0 Å². The van der Waals surface area contributed by atoms with Crippen LogP contribution in [0.5, 0.6) is 5.75 Å². The summed E-state index contributed by atoms with van der Waals surface area (Å²) in [6.45, 7) is 1.53. The Morgan fingerprint density at radius 1 is 0.818 bits per heavy atom. The second kappa shape index (κ2) is 6.87. The maximum atomic E-state index is 9.44. The van der Waals surface area contributed by atoms with Crippen LogP contribution in [0.3, 0.4) is 0 Å². The zero-order chi connectivity index (χ0) is 15.2. The number of phenolic OH excluding ortho intramolecular Hbond substituents is 1. The zero-order valence-corrected chi connectivity index (χ0v) is 12.2. The lowest BCUT2D eigenvalue weighted by molar-refractivity contribution is 0.474. The van der Waals surface area contributed by atoms with Gasteiger partial charge in [0.2, 0.25) is 0 Å². The fourth-order valence-corrected chi connectivity index (χ4v) is 2.37. The molecule has 0 fully saturated rings. The first-order chi connectivity index (χ1) is 10.8. The second-order valence-corrected chi connectivity index (χ2v) is 5.21. The minimum absolute atomic E-state index is 0.306. The number of hydrogen-bond donors (Lipinski definition) is 2. The molecule has 3 heteroatoms. The minimum Gasteiger partial charge on any atom is -0.508 e. The molecule has 0 aliphatic rings. The van der Waals surface area contributed by atoms with Crippen molar-refractivity contribution in [2.24, 2.45) is 0 Å². The SMILES string of the molecule is Oc1cccc(CNCc2ccc(-c3cccnc3)cc2)c1. The van der Waals surface area contributed by atoms with E-state index in [1.807, 2.05) is 24.4 Å². The van der Waals surface area contributed by atoms with Gasteiger partial charge in [0.25, 0.3) is 0 Å². The summed E-state index contributed by atoms with van der Waals surface area (Å²) < 4.78 is 0. The average Bonchev–Trinajstić information content (AvgIpc) is 2.56. The van der Waals surface area contributed by atoms with E-state index < -0.39 is 0 Å². The molecule has 0 amide bonds. The molecule has 22 heavy (non-hydrogen) atoms. The molecular formula is C19H18N2O. The predicted molar refractivity (Wildman–Crippen MR) is 88.3 cm³/mol. The summed E-state index contributed by atoms with van der Waals surface area (Å²) in [5.74, 6) is 0.306. The first-order valence-corrected chi connectivity index (χ1v) is 7.29. The summed E-state index contributed by atoms with van der Waals surface area (Å²) in [7, 11) is 0. The van der Waals surface area contributed by atoms with Crippen LogP contribution in [0, 0.1) is 0 Å². The molecule has 0 saturated carbocycles. The Hall–Kier alpha value is -2.65. The molecule has 2 N–H and O–H groups in total. The van der Waals surface area contributed by atoms with Crippen LogP contribution < -0.4 is 5.32 Å². The van der Waals surface area contributed by atoms with Gasteiger partial charge in [-0.3, -0.25) is 4.98 Å². The Morgan fingerprint density at radius 3 is 2.36 bits per heavy atom. The number of nitrogens with one attached hydrogen (secondary N) is 1. The summed E-state index contributed by atoms with van der Waals surface area (Å²) in [5.41, 5.74) is 4.60. The molecule has 3 rings (SSSR count). The molecule has 3 aromatic rings. The van der Waals surface area contributed by atoms with Gasteiger partial charge in [0, 0.05) is 25.5 Å². The van der Waals surface area contributed by atoms with Crippen molar-refractivity contribution in [3.8, 4) is 16.9 Å². The Labute approximate surface area is 130 Å². The third kappa shape index (κ3) is 3.71. The summed E-state index contributed by atoms with van der Waals surface area (Å²) in [6, 6.07) is 19.8. The van der Waals surface area contributed by atoms with Gasteiger partial charge in [-0.2, -0.15) is 0 Å². The first-order valence-electron chi connectivity index (χ1n) is 7.29. The number of aromatic nitrogens is 1. The van der Waals surface area contributed by atoms with Crippen molar-refractivity contribution in [2.45, 2.75) is 13.1 Å². The van der Waals surface area contributed by atoms with Gasteiger partial charge in [-0.15, -0.1) is 0 Å². The highest BCUT2D eigenvalue weighted by Gasteiger charge is 1.99. The van der Waals surface area contributed by atoms with Crippen molar-refractivity contribution < 1.29 is 5.11 Å². The molecule has 0 aliphatic heterocycles. The van der Waals surface area contributed by atoms with Gasteiger partial charge in [-0.25, -0.2) is 0 Å². The van der Waals surface area contributed by atoms with Crippen molar-refractivity contribution in [2.75, 3.05) is 0 Å². The first kappa shape index (κ1) is 14.3. The topological polar surface area (TPSA) is 45.1 Å². The Morgan fingerprint density at radius 2 is 1.64 bits per heavy atom. The minimum atomic E-state index is 0.306. The molecule has 0 radical (unpaired) electrons. The lowest BCUT2D eigenvalue weighted by atomic mass is 10.1. The highest BCUT2D eigenvalue weighted by molar-refractivity contribution is 5.62. The van der Waals surface area contributed by atoms with E-state index in [2.05, 4.69) is 40.6 Å². The van der Waals surface area contributed by atoms with E-state index in [0.717, 1.165) is 24.2 Å². The van der Waals surface area contributed by atoms with E-state index in [9.17, 15) is 5.11 Å². The molecule has 0 spiro atoms. The van der Waals surface area contributed by atoms with E-state index in [1.165, 1.54) is 11.1 Å². The van der Waals surface area contributed by atoms with E-state index >= 15 is 0 Å². The smallest absolute Gasteiger partial charge is 0.115 e. The highest BCUT2D eigenvalue weighted by atomic mass is 16.3. The van der Waals surface area contributed by atoms with E-state index in [4.69, 9.17) is 0 Å². The van der Waals surface area contributed by atoms with Crippen LogP contribution in [0.2, 0.25) is 0 Å². The maximum Gasteiger partial charge on any atom is 0.115 e. The fourth-order valence-electron chi connectivity index (χ4n) is 2.37. The molecule has 0 atom stereocenters. The molecule has 110 valence electrons. The molecule has 0 aliphatic carbocycles. The van der Waals surface area contributed by atoms with Gasteiger partial charge in [-0.1, -0.05) is 42.5 Å². The summed E-state index contributed by atoms with van der Waals surface area (Å²) >= 11 is 0.